The molecule has 0 radical (unpaired) electrons. The zero-order chi connectivity index (χ0) is 10.7. The van der Waals surface area contributed by atoms with Crippen LogP contribution in [0.25, 0.3) is 0 Å². The summed E-state index contributed by atoms with van der Waals surface area (Å²) in [4.78, 5) is 20.8. The van der Waals surface area contributed by atoms with E-state index in [0.717, 1.165) is 0 Å². The zero-order valence-electron chi connectivity index (χ0n) is 8.81. The van der Waals surface area contributed by atoms with Gasteiger partial charge in [-0.05, 0) is 34.6 Å². The first-order valence-corrected chi connectivity index (χ1v) is 4.68. The monoisotopic (exact) mass is 208 g/mol. The number of hydrogen-bond donors (Lipinski definition) is 0. The zero-order valence-corrected chi connectivity index (χ0v) is 9.57. The smallest absolute Gasteiger partial charge is 0.297 e. The van der Waals surface area contributed by atoms with Crippen molar-refractivity contribution in [2.75, 3.05) is 5.88 Å². The van der Waals surface area contributed by atoms with Crippen LogP contribution in [0.5, 0.6) is 0 Å². The average Bonchev–Trinajstić information content (AvgIpc) is 1.98. The Morgan fingerprint density at radius 2 is 1.69 bits per heavy atom. The summed E-state index contributed by atoms with van der Waals surface area (Å²) in [6.45, 7) is 8.80. The summed E-state index contributed by atoms with van der Waals surface area (Å²) in [6, 6.07) is 0. The molecule has 78 valence electrons. The molecule has 4 heteroatoms. The van der Waals surface area contributed by atoms with Crippen LogP contribution >= 0.6 is 11.6 Å². The molecule has 0 aliphatic heterocycles. The van der Waals surface area contributed by atoms with Gasteiger partial charge in [0.1, 0.15) is 5.60 Å². The Kier molecular flexibility index (Phi) is 4.20. The van der Waals surface area contributed by atoms with Crippen LogP contribution < -0.4 is 0 Å². The van der Waals surface area contributed by atoms with Gasteiger partial charge in [0.2, 0.25) is 0 Å². The highest BCUT2D eigenvalue weighted by atomic mass is 35.5. The minimum Gasteiger partial charge on any atom is -0.297 e. The number of halogens is 1. The quantitative estimate of drug-likeness (QED) is 0.406. The standard InChI is InChI=1S/C9H17ClO3/c1-8(2,3)13-12-7(11)9(4,5)6-10/h6H2,1-5H3. The molecular formula is C9H17ClO3. The number of carbonyl (C=O) groups excluding carboxylic acids is 1. The van der Waals surface area contributed by atoms with Crippen LogP contribution in [0.3, 0.4) is 0 Å². The van der Waals surface area contributed by atoms with E-state index >= 15 is 0 Å². The summed E-state index contributed by atoms with van der Waals surface area (Å²) in [7, 11) is 0. The topological polar surface area (TPSA) is 35.5 Å². The summed E-state index contributed by atoms with van der Waals surface area (Å²) >= 11 is 5.58. The Bertz CT molecular complexity index is 182. The van der Waals surface area contributed by atoms with Gasteiger partial charge in [-0.25, -0.2) is 4.79 Å². The number of rotatable bonds is 3. The lowest BCUT2D eigenvalue weighted by Crippen LogP contribution is -2.31. The second-order valence-corrected chi connectivity index (χ2v) is 4.85. The molecule has 0 saturated heterocycles. The normalized spacial score (nSPS) is 12.8. The van der Waals surface area contributed by atoms with Crippen LogP contribution in [0.15, 0.2) is 0 Å². The maximum absolute atomic E-state index is 11.3. The van der Waals surface area contributed by atoms with Crippen LogP contribution in [0, 0.1) is 5.41 Å². The Morgan fingerprint density at radius 3 is 2.00 bits per heavy atom. The van der Waals surface area contributed by atoms with Gasteiger partial charge in [0.15, 0.2) is 0 Å². The van der Waals surface area contributed by atoms with Crippen LogP contribution in [-0.2, 0) is 14.6 Å². The van der Waals surface area contributed by atoms with Crippen LogP contribution in [0.4, 0.5) is 0 Å². The number of carbonyl (C=O) groups is 1. The summed E-state index contributed by atoms with van der Waals surface area (Å²) in [5, 5.41) is 0. The van der Waals surface area contributed by atoms with E-state index in [1.54, 1.807) is 34.6 Å². The lowest BCUT2D eigenvalue weighted by Gasteiger charge is -2.22. The largest absolute Gasteiger partial charge is 0.349 e. The Balaban J connectivity index is 4.03. The fourth-order valence-corrected chi connectivity index (χ4v) is 0.439. The highest BCUT2D eigenvalue weighted by Crippen LogP contribution is 2.20. The van der Waals surface area contributed by atoms with Gasteiger partial charge in [-0.1, -0.05) is 0 Å². The third kappa shape index (κ3) is 5.11. The molecule has 0 amide bonds. The van der Waals surface area contributed by atoms with Gasteiger partial charge in [0.05, 0.1) is 5.41 Å². The lowest BCUT2D eigenvalue weighted by molar-refractivity contribution is -0.325. The van der Waals surface area contributed by atoms with E-state index < -0.39 is 17.0 Å². The molecule has 0 fully saturated rings. The minimum absolute atomic E-state index is 0.208. The fraction of sp³-hybridized carbons (Fsp3) is 0.889. The van der Waals surface area contributed by atoms with Crippen molar-refractivity contribution < 1.29 is 14.6 Å². The van der Waals surface area contributed by atoms with E-state index in [1.807, 2.05) is 0 Å². The van der Waals surface area contributed by atoms with E-state index in [9.17, 15) is 4.79 Å². The van der Waals surface area contributed by atoms with Crippen molar-refractivity contribution in [1.82, 2.24) is 0 Å². The lowest BCUT2D eigenvalue weighted by atomic mass is 9.97. The molecule has 0 aromatic heterocycles. The second-order valence-electron chi connectivity index (χ2n) is 4.58. The molecule has 0 unspecified atom stereocenters. The van der Waals surface area contributed by atoms with Crippen molar-refractivity contribution in [2.24, 2.45) is 5.41 Å². The average molecular weight is 209 g/mol. The molecule has 0 aromatic carbocycles. The van der Waals surface area contributed by atoms with Gasteiger partial charge >= 0.3 is 5.97 Å². The summed E-state index contributed by atoms with van der Waals surface area (Å²) in [6.07, 6.45) is 0. The van der Waals surface area contributed by atoms with Gasteiger partial charge in [-0.2, -0.15) is 4.89 Å². The summed E-state index contributed by atoms with van der Waals surface area (Å²) in [5.41, 5.74) is -1.19. The van der Waals surface area contributed by atoms with Crippen molar-refractivity contribution in [1.29, 1.82) is 0 Å². The molecule has 0 heterocycles. The first kappa shape index (κ1) is 12.7. The Morgan fingerprint density at radius 1 is 1.23 bits per heavy atom. The third-order valence-corrected chi connectivity index (χ3v) is 1.92. The molecule has 0 aliphatic carbocycles. The van der Waals surface area contributed by atoms with E-state index in [4.69, 9.17) is 16.5 Å². The molecule has 0 rings (SSSR count). The number of alkyl halides is 1. The van der Waals surface area contributed by atoms with Gasteiger partial charge in [-0.3, -0.25) is 4.89 Å². The minimum atomic E-state index is -0.702. The maximum atomic E-state index is 11.3. The molecule has 0 bridgehead atoms. The molecule has 13 heavy (non-hydrogen) atoms. The van der Waals surface area contributed by atoms with Gasteiger partial charge in [0.25, 0.3) is 0 Å². The van der Waals surface area contributed by atoms with Crippen molar-refractivity contribution in [3.05, 3.63) is 0 Å². The molecule has 0 N–H and O–H groups in total. The van der Waals surface area contributed by atoms with Crippen LogP contribution in [0.2, 0.25) is 0 Å². The first-order valence-electron chi connectivity index (χ1n) is 4.15. The van der Waals surface area contributed by atoms with Crippen LogP contribution in [0.1, 0.15) is 34.6 Å². The van der Waals surface area contributed by atoms with E-state index in [1.165, 1.54) is 0 Å². The highest BCUT2D eigenvalue weighted by Gasteiger charge is 2.30. The number of hydrogen-bond acceptors (Lipinski definition) is 3. The molecule has 0 atom stereocenters. The Hall–Kier alpha value is -0.280. The molecule has 3 nitrogen and oxygen atoms in total. The predicted molar refractivity (Wildman–Crippen MR) is 51.4 cm³/mol. The third-order valence-electron chi connectivity index (χ3n) is 1.25. The van der Waals surface area contributed by atoms with Gasteiger partial charge < -0.3 is 0 Å². The first-order chi connectivity index (χ1) is 5.69. The SMILES string of the molecule is CC(C)(C)OOC(=O)C(C)(C)CCl. The maximum Gasteiger partial charge on any atom is 0.349 e. The summed E-state index contributed by atoms with van der Waals surface area (Å²) < 4.78 is 0. The van der Waals surface area contributed by atoms with E-state index in [2.05, 4.69) is 4.89 Å². The van der Waals surface area contributed by atoms with Crippen molar-refractivity contribution in [3.63, 3.8) is 0 Å². The molecule has 0 aliphatic rings. The van der Waals surface area contributed by atoms with Crippen LogP contribution in [-0.4, -0.2) is 17.5 Å². The molecular weight excluding hydrogens is 192 g/mol. The van der Waals surface area contributed by atoms with Crippen molar-refractivity contribution >= 4 is 17.6 Å². The van der Waals surface area contributed by atoms with E-state index in [0.29, 0.717) is 0 Å². The van der Waals surface area contributed by atoms with Crippen molar-refractivity contribution in [3.8, 4) is 0 Å². The van der Waals surface area contributed by atoms with Crippen molar-refractivity contribution in [2.45, 2.75) is 40.2 Å². The van der Waals surface area contributed by atoms with Gasteiger partial charge in [0, 0.05) is 5.88 Å². The molecule has 0 saturated carbocycles. The van der Waals surface area contributed by atoms with E-state index in [-0.39, 0.29) is 5.88 Å². The van der Waals surface area contributed by atoms with Gasteiger partial charge in [-0.15, -0.1) is 11.6 Å². The molecule has 0 spiro atoms. The summed E-state index contributed by atoms with van der Waals surface area (Å²) in [5.74, 6) is -0.239. The highest BCUT2D eigenvalue weighted by molar-refractivity contribution is 6.19. The Labute approximate surface area is 84.3 Å². The molecule has 0 aromatic rings. The predicted octanol–water partition coefficient (Wildman–Crippen LogP) is 2.52. The second kappa shape index (κ2) is 4.29. The fourth-order valence-electron chi connectivity index (χ4n) is 0.330.